The zero-order chi connectivity index (χ0) is 43.9. The van der Waals surface area contributed by atoms with Crippen LogP contribution in [0.1, 0.15) is 46.2 Å². The standard InChI is InChI=1S/C46H50ClN5O9/c1-28-33(27-61-44-19-43(60-26-30-14-35(49-3)23-50-20-30)34(15-41(44)47)22-52-25-37(54)18-46(57)58)6-4-8-39(28)40-9-5-7-38(29(40)2)31-10-11-32(42(16-31)59-13-12-48)21-51-24-36(53)17-45(55)56/h4-11,14-16,19-20,23,36-37,49,51-54H,13,17-18,21-22,24-27H2,1-3H3,(H,55,56)(H,57,58)/t36-,37-/m0/s1. The number of hydrogen-bond donors (Lipinski definition) is 7. The summed E-state index contributed by atoms with van der Waals surface area (Å²) >= 11 is 6.79. The highest BCUT2D eigenvalue weighted by Crippen LogP contribution is 2.38. The Kier molecular flexibility index (Phi) is 16.8. The molecule has 5 rings (SSSR count). The van der Waals surface area contributed by atoms with Gasteiger partial charge < -0.3 is 50.6 Å². The Labute approximate surface area is 359 Å². The molecule has 0 bridgehead atoms. The van der Waals surface area contributed by atoms with Gasteiger partial charge in [0.2, 0.25) is 0 Å². The fourth-order valence-corrected chi connectivity index (χ4v) is 7.00. The Morgan fingerprint density at radius 2 is 1.36 bits per heavy atom. The van der Waals surface area contributed by atoms with Crippen LogP contribution in [0.3, 0.4) is 0 Å². The lowest BCUT2D eigenvalue weighted by atomic mass is 9.89. The van der Waals surface area contributed by atoms with Crippen molar-refractivity contribution in [1.29, 1.82) is 5.26 Å². The number of aromatic nitrogens is 1. The Morgan fingerprint density at radius 1 is 0.738 bits per heavy atom. The van der Waals surface area contributed by atoms with Crippen LogP contribution in [-0.2, 0) is 35.9 Å². The molecule has 7 N–H and O–H groups in total. The highest BCUT2D eigenvalue weighted by molar-refractivity contribution is 6.32. The Bertz CT molecular complexity index is 2350. The lowest BCUT2D eigenvalue weighted by Crippen LogP contribution is -2.28. The maximum Gasteiger partial charge on any atom is 0.306 e. The number of ether oxygens (including phenoxy) is 3. The van der Waals surface area contributed by atoms with E-state index in [1.807, 2.05) is 61.5 Å². The van der Waals surface area contributed by atoms with Crippen molar-refractivity contribution in [3.05, 3.63) is 124 Å². The number of aliphatic carboxylic acids is 2. The van der Waals surface area contributed by atoms with Gasteiger partial charge in [-0.25, -0.2) is 0 Å². The second-order valence-corrected chi connectivity index (χ2v) is 14.8. The van der Waals surface area contributed by atoms with Gasteiger partial charge in [0, 0.05) is 68.4 Å². The summed E-state index contributed by atoms with van der Waals surface area (Å²) in [6.07, 6.45) is 0.560. The van der Waals surface area contributed by atoms with Crippen LogP contribution in [0.5, 0.6) is 17.2 Å². The second kappa shape index (κ2) is 22.4. The first kappa shape index (κ1) is 45.9. The SMILES string of the molecule is CNc1cncc(COc2cc(OCc3cccc(-c4cccc(-c5ccc(CNC[C@@H](O)CC(=O)O)c(OCC#N)c5)c4C)c3C)c(Cl)cc2CNC[C@@H](O)CC(=O)O)c1. The number of nitriles is 1. The fraction of sp³-hybridized carbons (Fsp3) is 0.304. The van der Waals surface area contributed by atoms with E-state index in [4.69, 9.17) is 36.0 Å². The maximum absolute atomic E-state index is 11.0. The molecule has 0 saturated heterocycles. The number of carboxylic acid groups (broad SMARTS) is 2. The zero-order valence-corrected chi connectivity index (χ0v) is 35.0. The average Bonchev–Trinajstić information content (AvgIpc) is 3.22. The third-order valence-corrected chi connectivity index (χ3v) is 10.2. The van der Waals surface area contributed by atoms with Gasteiger partial charge in [0.15, 0.2) is 6.61 Å². The van der Waals surface area contributed by atoms with Crippen LogP contribution in [0.15, 0.2) is 85.2 Å². The second-order valence-electron chi connectivity index (χ2n) is 14.4. The van der Waals surface area contributed by atoms with Gasteiger partial charge in [-0.05, 0) is 71.0 Å². The number of carboxylic acids is 2. The summed E-state index contributed by atoms with van der Waals surface area (Å²) in [7, 11) is 1.81. The molecule has 0 unspecified atom stereocenters. The van der Waals surface area contributed by atoms with E-state index in [9.17, 15) is 25.1 Å². The van der Waals surface area contributed by atoms with E-state index in [0.717, 1.165) is 55.8 Å². The first-order valence-electron chi connectivity index (χ1n) is 19.6. The summed E-state index contributed by atoms with van der Waals surface area (Å²) < 4.78 is 18.4. The quantitative estimate of drug-likeness (QED) is 0.0367. The molecule has 0 aliphatic carbocycles. The van der Waals surface area contributed by atoms with E-state index in [0.29, 0.717) is 34.4 Å². The number of aliphatic hydroxyl groups is 2. The lowest BCUT2D eigenvalue weighted by Gasteiger charge is -2.19. The van der Waals surface area contributed by atoms with E-state index in [2.05, 4.69) is 40.0 Å². The molecule has 5 aromatic rings. The number of nitrogens with one attached hydrogen (secondary N) is 3. The first-order chi connectivity index (χ1) is 29.4. The number of hydrogen-bond acceptors (Lipinski definition) is 12. The fourth-order valence-electron chi connectivity index (χ4n) is 6.76. The van der Waals surface area contributed by atoms with Gasteiger partial charge in [-0.2, -0.15) is 5.26 Å². The van der Waals surface area contributed by atoms with Crippen molar-refractivity contribution in [1.82, 2.24) is 15.6 Å². The molecule has 15 heteroatoms. The van der Waals surface area contributed by atoms with Crippen LogP contribution in [-0.4, -0.2) is 76.3 Å². The minimum atomic E-state index is -1.09. The molecular weight excluding hydrogens is 802 g/mol. The van der Waals surface area contributed by atoms with E-state index < -0.39 is 24.1 Å². The summed E-state index contributed by atoms with van der Waals surface area (Å²) in [5.74, 6) is -0.773. The van der Waals surface area contributed by atoms with Crippen LogP contribution >= 0.6 is 11.6 Å². The van der Waals surface area contributed by atoms with Gasteiger partial charge in [0.1, 0.15) is 36.5 Å². The summed E-state index contributed by atoms with van der Waals surface area (Å²) in [6, 6.07) is 25.3. The number of rotatable bonds is 23. The van der Waals surface area contributed by atoms with Crippen molar-refractivity contribution in [3.8, 4) is 45.6 Å². The van der Waals surface area contributed by atoms with Gasteiger partial charge in [0.05, 0.1) is 35.8 Å². The Hall–Kier alpha value is -6.21. The predicted octanol–water partition coefficient (Wildman–Crippen LogP) is 6.64. The van der Waals surface area contributed by atoms with Crippen molar-refractivity contribution < 1.29 is 44.2 Å². The molecule has 1 aromatic heterocycles. The zero-order valence-electron chi connectivity index (χ0n) is 34.2. The first-order valence-corrected chi connectivity index (χ1v) is 20.0. The summed E-state index contributed by atoms with van der Waals surface area (Å²) in [5, 5.41) is 56.8. The molecule has 4 aromatic carbocycles. The smallest absolute Gasteiger partial charge is 0.306 e. The number of pyridine rings is 1. The van der Waals surface area contributed by atoms with Gasteiger partial charge in [-0.3, -0.25) is 14.6 Å². The van der Waals surface area contributed by atoms with Crippen molar-refractivity contribution in [2.24, 2.45) is 0 Å². The normalized spacial score (nSPS) is 12.0. The highest BCUT2D eigenvalue weighted by Gasteiger charge is 2.18. The van der Waals surface area contributed by atoms with Crippen LogP contribution in [0, 0.1) is 25.2 Å². The number of nitrogens with zero attached hydrogens (tertiary/aromatic N) is 2. The predicted molar refractivity (Wildman–Crippen MR) is 232 cm³/mol. The van der Waals surface area contributed by atoms with Gasteiger partial charge in [-0.1, -0.05) is 60.1 Å². The molecule has 0 aliphatic rings. The molecule has 0 saturated carbocycles. The summed E-state index contributed by atoms with van der Waals surface area (Å²) in [6.45, 7) is 5.03. The molecule has 0 spiro atoms. The highest BCUT2D eigenvalue weighted by atomic mass is 35.5. The molecule has 2 atom stereocenters. The topological polar surface area (TPSA) is 216 Å². The molecule has 61 heavy (non-hydrogen) atoms. The number of anilines is 1. The third kappa shape index (κ3) is 13.1. The molecule has 0 radical (unpaired) electrons. The summed E-state index contributed by atoms with van der Waals surface area (Å²) in [5.41, 5.74) is 9.97. The number of halogens is 1. The number of benzene rings is 4. The van der Waals surface area contributed by atoms with E-state index in [-0.39, 0.29) is 52.3 Å². The summed E-state index contributed by atoms with van der Waals surface area (Å²) in [4.78, 5) is 26.2. The molecule has 320 valence electrons. The minimum Gasteiger partial charge on any atom is -0.488 e. The van der Waals surface area contributed by atoms with Crippen molar-refractivity contribution in [3.63, 3.8) is 0 Å². The lowest BCUT2D eigenvalue weighted by molar-refractivity contribution is -0.140. The Morgan fingerprint density at radius 3 is 2.03 bits per heavy atom. The maximum atomic E-state index is 11.0. The van der Waals surface area contributed by atoms with Crippen molar-refractivity contribution in [2.75, 3.05) is 32.1 Å². The molecule has 0 amide bonds. The van der Waals surface area contributed by atoms with E-state index in [1.54, 1.807) is 31.6 Å². The van der Waals surface area contributed by atoms with Gasteiger partial charge in [0.25, 0.3) is 0 Å². The van der Waals surface area contributed by atoms with E-state index >= 15 is 0 Å². The third-order valence-electron chi connectivity index (χ3n) is 9.93. The van der Waals surface area contributed by atoms with Crippen LogP contribution < -0.4 is 30.2 Å². The molecule has 1 heterocycles. The van der Waals surface area contributed by atoms with Crippen molar-refractivity contribution >= 4 is 29.2 Å². The molecule has 14 nitrogen and oxygen atoms in total. The largest absolute Gasteiger partial charge is 0.488 e. The number of aliphatic hydroxyl groups excluding tert-OH is 2. The monoisotopic (exact) mass is 851 g/mol. The molecular formula is C46H50ClN5O9. The van der Waals surface area contributed by atoms with E-state index in [1.165, 1.54) is 0 Å². The Balaban J connectivity index is 1.36. The molecule has 0 fully saturated rings. The van der Waals surface area contributed by atoms with Gasteiger partial charge >= 0.3 is 11.9 Å². The number of carbonyl (C=O) groups is 2. The van der Waals surface area contributed by atoms with Crippen LogP contribution in [0.2, 0.25) is 5.02 Å². The minimum absolute atomic E-state index is 0.0563. The van der Waals surface area contributed by atoms with Crippen molar-refractivity contribution in [2.45, 2.75) is 65.2 Å². The molecule has 0 aliphatic heterocycles. The van der Waals surface area contributed by atoms with Crippen LogP contribution in [0.4, 0.5) is 5.69 Å². The average molecular weight is 852 g/mol. The van der Waals surface area contributed by atoms with Gasteiger partial charge in [-0.15, -0.1) is 0 Å². The van der Waals surface area contributed by atoms with Crippen LogP contribution in [0.25, 0.3) is 22.3 Å².